The minimum Gasteiger partial charge on any atom is -0.394 e. The molecule has 1 aromatic carbocycles. The van der Waals surface area contributed by atoms with Crippen LogP contribution in [0.4, 0.5) is 0 Å². The van der Waals surface area contributed by atoms with E-state index in [2.05, 4.69) is 19.1 Å². The van der Waals surface area contributed by atoms with Crippen LogP contribution in [0.2, 0.25) is 6.04 Å². The van der Waals surface area contributed by atoms with Crippen LogP contribution in [0.3, 0.4) is 0 Å². The van der Waals surface area contributed by atoms with Crippen LogP contribution in [-0.4, -0.2) is 28.8 Å². The number of hydrogen-bond acceptors (Lipinski definition) is 3. The topological polar surface area (TPSA) is 44.5 Å². The van der Waals surface area contributed by atoms with E-state index in [1.165, 1.54) is 0 Å². The number of rotatable bonds is 6. The summed E-state index contributed by atoms with van der Waals surface area (Å²) in [6.07, 6.45) is 0.939. The molecule has 1 atom stereocenters. The zero-order chi connectivity index (χ0) is 12.0. The molecular formula is C12H21NO2Si. The number of benzene rings is 1. The van der Waals surface area contributed by atoms with Gasteiger partial charge in [0.05, 0.1) is 0 Å². The summed E-state index contributed by atoms with van der Waals surface area (Å²) < 4.78 is 11.4. The van der Waals surface area contributed by atoms with Crippen molar-refractivity contribution in [2.24, 2.45) is 5.73 Å². The summed E-state index contributed by atoms with van der Waals surface area (Å²) in [5.41, 5.74) is 6.02. The van der Waals surface area contributed by atoms with Gasteiger partial charge in [-0.2, -0.15) is 0 Å². The largest absolute Gasteiger partial charge is 0.394 e. The summed E-state index contributed by atoms with van der Waals surface area (Å²) in [5, 5.41) is 1.14. The average Bonchev–Trinajstić information content (AvgIpc) is 2.37. The van der Waals surface area contributed by atoms with E-state index in [1.54, 1.807) is 14.2 Å². The third-order valence-electron chi connectivity index (χ3n) is 2.93. The Morgan fingerprint density at radius 3 is 2.19 bits per heavy atom. The molecule has 0 radical (unpaired) electrons. The summed E-state index contributed by atoms with van der Waals surface area (Å²) in [6.45, 7) is 2.08. The summed E-state index contributed by atoms with van der Waals surface area (Å²) in [7, 11) is 1.10. The molecule has 0 aliphatic rings. The molecule has 0 aliphatic carbocycles. The van der Waals surface area contributed by atoms with Crippen LogP contribution in [0.15, 0.2) is 30.3 Å². The van der Waals surface area contributed by atoms with Gasteiger partial charge in [0.15, 0.2) is 0 Å². The highest BCUT2D eigenvalue weighted by atomic mass is 28.4. The highest BCUT2D eigenvalue weighted by Gasteiger charge is 2.39. The molecule has 0 aliphatic heterocycles. The second-order valence-corrected chi connectivity index (χ2v) is 7.21. The van der Waals surface area contributed by atoms with Crippen molar-refractivity contribution in [1.29, 1.82) is 0 Å². The van der Waals surface area contributed by atoms with Crippen molar-refractivity contribution in [2.45, 2.75) is 25.4 Å². The Balaban J connectivity index is 2.96. The predicted octanol–water partition coefficient (Wildman–Crippen LogP) is 1.37. The third kappa shape index (κ3) is 2.92. The maximum absolute atomic E-state index is 6.02. The molecule has 0 saturated heterocycles. The lowest BCUT2D eigenvalue weighted by molar-refractivity contribution is 0.254. The Bertz CT molecular complexity index is 301. The van der Waals surface area contributed by atoms with E-state index >= 15 is 0 Å². The first kappa shape index (κ1) is 13.4. The second-order valence-electron chi connectivity index (χ2n) is 3.90. The zero-order valence-electron chi connectivity index (χ0n) is 10.3. The molecule has 0 spiro atoms. The van der Waals surface area contributed by atoms with Crippen LogP contribution in [0.5, 0.6) is 0 Å². The lowest BCUT2D eigenvalue weighted by Crippen LogP contribution is -2.55. The summed E-state index contributed by atoms with van der Waals surface area (Å²) in [5.74, 6) is 0. The first-order valence-corrected chi connectivity index (χ1v) is 7.62. The molecule has 0 heterocycles. The number of nitrogens with two attached hydrogens (primary N) is 1. The van der Waals surface area contributed by atoms with Gasteiger partial charge in [0.2, 0.25) is 0 Å². The quantitative estimate of drug-likeness (QED) is 0.763. The molecule has 1 aromatic rings. The molecule has 0 fully saturated rings. The molecule has 0 saturated carbocycles. The fourth-order valence-corrected chi connectivity index (χ4v) is 4.67. The smallest absolute Gasteiger partial charge is 0.373 e. The summed E-state index contributed by atoms with van der Waals surface area (Å²) in [6, 6.07) is 11.0. The van der Waals surface area contributed by atoms with Gasteiger partial charge in [-0.1, -0.05) is 37.3 Å². The van der Waals surface area contributed by atoms with Gasteiger partial charge in [-0.25, -0.2) is 0 Å². The molecule has 1 unspecified atom stereocenters. The summed E-state index contributed by atoms with van der Waals surface area (Å²) >= 11 is 0. The molecule has 0 bridgehead atoms. The highest BCUT2D eigenvalue weighted by Crippen LogP contribution is 2.15. The van der Waals surface area contributed by atoms with E-state index in [0.29, 0.717) is 0 Å². The lowest BCUT2D eigenvalue weighted by atomic mass is 10.3. The van der Waals surface area contributed by atoms with E-state index < -0.39 is 8.56 Å². The van der Waals surface area contributed by atoms with Crippen molar-refractivity contribution in [3.63, 3.8) is 0 Å². The maximum Gasteiger partial charge on any atom is 0.373 e. The number of hydrogen-bond donors (Lipinski definition) is 1. The van der Waals surface area contributed by atoms with Gasteiger partial charge in [0, 0.05) is 26.3 Å². The molecular weight excluding hydrogens is 218 g/mol. The molecule has 1 rings (SSSR count). The van der Waals surface area contributed by atoms with E-state index in [0.717, 1.165) is 17.7 Å². The van der Waals surface area contributed by atoms with Gasteiger partial charge in [0.25, 0.3) is 0 Å². The van der Waals surface area contributed by atoms with Crippen LogP contribution in [0.25, 0.3) is 0 Å². The van der Waals surface area contributed by atoms with E-state index in [-0.39, 0.29) is 6.04 Å². The maximum atomic E-state index is 6.02. The standard InChI is InChI=1S/C12H21NO2Si/c1-4-11(13)10-16(14-2,15-3)12-8-6-5-7-9-12/h5-9,11H,4,10,13H2,1-3H3. The van der Waals surface area contributed by atoms with Crippen LogP contribution in [-0.2, 0) is 8.85 Å². The molecule has 0 aromatic heterocycles. The van der Waals surface area contributed by atoms with Gasteiger partial charge >= 0.3 is 8.56 Å². The normalized spacial score (nSPS) is 13.8. The Labute approximate surface area is 98.8 Å². The third-order valence-corrected chi connectivity index (χ3v) is 6.52. The van der Waals surface area contributed by atoms with Crippen molar-refractivity contribution in [3.8, 4) is 0 Å². The molecule has 4 heteroatoms. The van der Waals surface area contributed by atoms with Crippen molar-refractivity contribution in [3.05, 3.63) is 30.3 Å². The average molecular weight is 239 g/mol. The van der Waals surface area contributed by atoms with Crippen molar-refractivity contribution >= 4 is 13.7 Å². The van der Waals surface area contributed by atoms with E-state index in [9.17, 15) is 0 Å². The van der Waals surface area contributed by atoms with Gasteiger partial charge < -0.3 is 14.6 Å². The monoisotopic (exact) mass is 239 g/mol. The highest BCUT2D eigenvalue weighted by molar-refractivity contribution is 6.81. The first-order valence-electron chi connectivity index (χ1n) is 5.60. The van der Waals surface area contributed by atoms with Gasteiger partial charge in [0.1, 0.15) is 0 Å². The SMILES string of the molecule is CCC(N)C[Si](OC)(OC)c1ccccc1. The second kappa shape index (κ2) is 6.15. The fourth-order valence-electron chi connectivity index (χ4n) is 1.79. The Morgan fingerprint density at radius 2 is 1.75 bits per heavy atom. The lowest BCUT2D eigenvalue weighted by Gasteiger charge is -2.29. The fraction of sp³-hybridized carbons (Fsp3) is 0.500. The van der Waals surface area contributed by atoms with Crippen molar-refractivity contribution < 1.29 is 8.85 Å². The Morgan fingerprint density at radius 1 is 1.19 bits per heavy atom. The van der Waals surface area contributed by atoms with E-state index in [4.69, 9.17) is 14.6 Å². The van der Waals surface area contributed by atoms with Gasteiger partial charge in [-0.3, -0.25) is 0 Å². The summed E-state index contributed by atoms with van der Waals surface area (Å²) in [4.78, 5) is 0. The molecule has 3 nitrogen and oxygen atoms in total. The van der Waals surface area contributed by atoms with Gasteiger partial charge in [-0.15, -0.1) is 0 Å². The van der Waals surface area contributed by atoms with Crippen LogP contribution < -0.4 is 10.9 Å². The zero-order valence-corrected chi connectivity index (χ0v) is 11.3. The van der Waals surface area contributed by atoms with Crippen LogP contribution >= 0.6 is 0 Å². The van der Waals surface area contributed by atoms with E-state index in [1.807, 2.05) is 18.2 Å². The minimum atomic E-state index is -2.33. The molecule has 90 valence electrons. The molecule has 2 N–H and O–H groups in total. The predicted molar refractivity (Wildman–Crippen MR) is 68.9 cm³/mol. The minimum absolute atomic E-state index is 0.131. The molecule has 0 amide bonds. The van der Waals surface area contributed by atoms with Crippen LogP contribution in [0.1, 0.15) is 13.3 Å². The Kier molecular flexibility index (Phi) is 5.14. The first-order chi connectivity index (χ1) is 7.68. The van der Waals surface area contributed by atoms with Crippen LogP contribution in [0, 0.1) is 0 Å². The Hall–Kier alpha value is -0.683. The van der Waals surface area contributed by atoms with Crippen molar-refractivity contribution in [1.82, 2.24) is 0 Å². The molecule has 16 heavy (non-hydrogen) atoms. The van der Waals surface area contributed by atoms with Gasteiger partial charge in [-0.05, 0) is 11.6 Å². The van der Waals surface area contributed by atoms with Crippen molar-refractivity contribution in [2.75, 3.05) is 14.2 Å².